The fourth-order valence-electron chi connectivity index (χ4n) is 4.37. The predicted octanol–water partition coefficient (Wildman–Crippen LogP) is 4.25. The third-order valence-corrected chi connectivity index (χ3v) is 6.11. The van der Waals surface area contributed by atoms with Crippen LogP contribution in [-0.4, -0.2) is 52.5 Å². The molecule has 1 amide bonds. The third kappa shape index (κ3) is 5.09. The van der Waals surface area contributed by atoms with Crippen LogP contribution in [-0.2, 0) is 14.3 Å². The third-order valence-electron chi connectivity index (χ3n) is 6.11. The van der Waals surface area contributed by atoms with E-state index in [9.17, 15) is 14.7 Å². The summed E-state index contributed by atoms with van der Waals surface area (Å²) < 4.78 is 11.4. The number of benzene rings is 1. The summed E-state index contributed by atoms with van der Waals surface area (Å²) >= 11 is 0. The van der Waals surface area contributed by atoms with Crippen molar-refractivity contribution < 1.29 is 24.2 Å². The molecule has 7 nitrogen and oxygen atoms in total. The summed E-state index contributed by atoms with van der Waals surface area (Å²) in [4.78, 5) is 31.7. The fraction of sp³-hybridized carbons (Fsp3) is 0.423. The molecule has 1 N–H and O–H groups in total. The average molecular weight is 451 g/mol. The van der Waals surface area contributed by atoms with Crippen LogP contribution in [0.15, 0.2) is 54.4 Å². The van der Waals surface area contributed by atoms with E-state index >= 15 is 0 Å². The van der Waals surface area contributed by atoms with Crippen molar-refractivity contribution in [3.8, 4) is 5.75 Å². The van der Waals surface area contributed by atoms with E-state index in [1.165, 1.54) is 4.90 Å². The number of aliphatic hydroxyl groups excluding tert-OH is 1. The molecule has 0 aliphatic carbocycles. The number of unbranched alkanes of at least 4 members (excludes halogenated alkanes) is 2. The van der Waals surface area contributed by atoms with Crippen LogP contribution in [0.5, 0.6) is 5.75 Å². The maximum Gasteiger partial charge on any atom is 0.295 e. The molecule has 2 aromatic rings. The molecule has 4 rings (SSSR count). The topological polar surface area (TPSA) is 89.0 Å². The molecule has 1 aromatic heterocycles. The highest BCUT2D eigenvalue weighted by Crippen LogP contribution is 2.39. The van der Waals surface area contributed by atoms with Crippen molar-refractivity contribution in [2.24, 2.45) is 0 Å². The van der Waals surface area contributed by atoms with Gasteiger partial charge in [0.1, 0.15) is 11.5 Å². The molecule has 2 unspecified atom stereocenters. The number of amides is 1. The second kappa shape index (κ2) is 10.6. The Labute approximate surface area is 194 Å². The summed E-state index contributed by atoms with van der Waals surface area (Å²) in [5, 5.41) is 11.1. The van der Waals surface area contributed by atoms with Gasteiger partial charge in [-0.25, -0.2) is 0 Å². The van der Waals surface area contributed by atoms with Crippen molar-refractivity contribution in [1.82, 2.24) is 9.88 Å². The van der Waals surface area contributed by atoms with Gasteiger partial charge in [-0.15, -0.1) is 0 Å². The molecular weight excluding hydrogens is 420 g/mol. The molecule has 0 saturated carbocycles. The zero-order valence-electron chi connectivity index (χ0n) is 18.9. The number of carbonyl (C=O) groups excluding carboxylic acids is 2. The van der Waals surface area contributed by atoms with E-state index in [0.29, 0.717) is 36.6 Å². The van der Waals surface area contributed by atoms with Crippen molar-refractivity contribution in [2.75, 3.05) is 19.8 Å². The van der Waals surface area contributed by atoms with Crippen LogP contribution in [0.4, 0.5) is 0 Å². The van der Waals surface area contributed by atoms with Crippen LogP contribution in [0.2, 0.25) is 0 Å². The molecule has 3 heterocycles. The zero-order valence-corrected chi connectivity index (χ0v) is 18.9. The van der Waals surface area contributed by atoms with Crippen molar-refractivity contribution in [1.29, 1.82) is 0 Å². The first-order valence-corrected chi connectivity index (χ1v) is 11.6. The lowest BCUT2D eigenvalue weighted by molar-refractivity contribution is -0.140. The second-order valence-corrected chi connectivity index (χ2v) is 8.45. The van der Waals surface area contributed by atoms with Crippen LogP contribution in [0, 0.1) is 0 Å². The van der Waals surface area contributed by atoms with Crippen LogP contribution in [0.25, 0.3) is 5.76 Å². The Bertz CT molecular complexity index is 997. The molecule has 2 atom stereocenters. The van der Waals surface area contributed by atoms with E-state index in [-0.39, 0.29) is 17.4 Å². The number of ether oxygens (including phenoxy) is 2. The molecule has 33 heavy (non-hydrogen) atoms. The van der Waals surface area contributed by atoms with Gasteiger partial charge >= 0.3 is 0 Å². The molecule has 0 spiro atoms. The van der Waals surface area contributed by atoms with E-state index in [1.807, 2.05) is 6.07 Å². The van der Waals surface area contributed by atoms with E-state index in [2.05, 4.69) is 11.9 Å². The fourth-order valence-corrected chi connectivity index (χ4v) is 4.37. The van der Waals surface area contributed by atoms with Crippen LogP contribution in [0.3, 0.4) is 0 Å². The number of likely N-dealkylation sites (tertiary alicyclic amines) is 1. The average Bonchev–Trinajstić information content (AvgIpc) is 3.45. The second-order valence-electron chi connectivity index (χ2n) is 8.45. The Morgan fingerprint density at radius 1 is 1.21 bits per heavy atom. The Morgan fingerprint density at radius 3 is 2.70 bits per heavy atom. The largest absolute Gasteiger partial charge is 0.507 e. The van der Waals surface area contributed by atoms with Gasteiger partial charge in [0, 0.05) is 31.1 Å². The first-order valence-electron chi connectivity index (χ1n) is 11.6. The number of hydrogen-bond donors (Lipinski definition) is 1. The number of nitrogens with zero attached hydrogens (tertiary/aromatic N) is 2. The zero-order chi connectivity index (χ0) is 23.2. The van der Waals surface area contributed by atoms with Gasteiger partial charge in [0.15, 0.2) is 0 Å². The Hall–Kier alpha value is -3.19. The minimum atomic E-state index is -0.715. The van der Waals surface area contributed by atoms with Gasteiger partial charge in [0.05, 0.1) is 24.3 Å². The van der Waals surface area contributed by atoms with Gasteiger partial charge in [-0.2, -0.15) is 0 Å². The number of ketones is 1. The van der Waals surface area contributed by atoms with Crippen LogP contribution in [0.1, 0.15) is 56.2 Å². The molecule has 2 saturated heterocycles. The molecule has 2 aliphatic heterocycles. The normalized spacial score (nSPS) is 22.2. The summed E-state index contributed by atoms with van der Waals surface area (Å²) in [7, 11) is 0. The van der Waals surface area contributed by atoms with E-state index < -0.39 is 17.7 Å². The van der Waals surface area contributed by atoms with Gasteiger partial charge in [0.2, 0.25) is 0 Å². The van der Waals surface area contributed by atoms with Crippen molar-refractivity contribution >= 4 is 17.4 Å². The van der Waals surface area contributed by atoms with Crippen molar-refractivity contribution in [2.45, 2.75) is 51.2 Å². The number of hydrogen-bond acceptors (Lipinski definition) is 6. The predicted molar refractivity (Wildman–Crippen MR) is 124 cm³/mol. The molecule has 2 aliphatic rings. The molecule has 2 fully saturated rings. The highest BCUT2D eigenvalue weighted by Gasteiger charge is 2.47. The minimum absolute atomic E-state index is 0.0719. The molecule has 7 heteroatoms. The van der Waals surface area contributed by atoms with Crippen molar-refractivity contribution in [3.63, 3.8) is 0 Å². The van der Waals surface area contributed by atoms with Crippen molar-refractivity contribution in [3.05, 3.63) is 65.5 Å². The van der Waals surface area contributed by atoms with Gasteiger partial charge in [-0.05, 0) is 55.2 Å². The number of aliphatic hydroxyl groups is 1. The summed E-state index contributed by atoms with van der Waals surface area (Å²) in [6.45, 7) is 3.72. The number of Topliss-reactive ketones (excluding diaryl/α,β-unsaturated/α-hetero) is 1. The SMILES string of the molecule is CCCCCOc1ccc(/C(O)=C2/C(=O)C(=O)N(CC3CCCO3)C2c2cccnc2)cc1. The number of pyridine rings is 1. The van der Waals surface area contributed by atoms with Gasteiger partial charge in [-0.3, -0.25) is 14.6 Å². The monoisotopic (exact) mass is 450 g/mol. The molecule has 1 aromatic carbocycles. The molecule has 174 valence electrons. The molecule has 0 radical (unpaired) electrons. The number of carbonyl (C=O) groups is 2. The quantitative estimate of drug-likeness (QED) is 0.266. The highest BCUT2D eigenvalue weighted by atomic mass is 16.5. The molecule has 0 bridgehead atoms. The van der Waals surface area contributed by atoms with Gasteiger partial charge < -0.3 is 19.5 Å². The Balaban J connectivity index is 1.64. The summed E-state index contributed by atoms with van der Waals surface area (Å²) in [5.41, 5.74) is 1.20. The van der Waals surface area contributed by atoms with E-state index in [1.54, 1.807) is 42.7 Å². The number of rotatable bonds is 9. The lowest BCUT2D eigenvalue weighted by Gasteiger charge is -2.27. The van der Waals surface area contributed by atoms with Gasteiger partial charge in [-0.1, -0.05) is 25.8 Å². The Kier molecular flexibility index (Phi) is 7.40. The minimum Gasteiger partial charge on any atom is -0.507 e. The summed E-state index contributed by atoms with van der Waals surface area (Å²) in [6, 6.07) is 9.80. The maximum atomic E-state index is 13.1. The van der Waals surface area contributed by atoms with E-state index in [4.69, 9.17) is 9.47 Å². The van der Waals surface area contributed by atoms with Crippen LogP contribution >= 0.6 is 0 Å². The highest BCUT2D eigenvalue weighted by molar-refractivity contribution is 6.46. The smallest absolute Gasteiger partial charge is 0.295 e. The summed E-state index contributed by atoms with van der Waals surface area (Å²) in [5.74, 6) is -0.823. The van der Waals surface area contributed by atoms with E-state index in [0.717, 1.165) is 32.1 Å². The first-order chi connectivity index (χ1) is 16.1. The van der Waals surface area contributed by atoms with Gasteiger partial charge in [0.25, 0.3) is 11.7 Å². The van der Waals surface area contributed by atoms with Crippen LogP contribution < -0.4 is 4.74 Å². The standard InChI is InChI=1S/C26H30N2O5/c1-2-3-4-14-32-20-11-9-18(10-12-20)24(29)22-23(19-7-5-13-27-16-19)28(26(31)25(22)30)17-21-8-6-15-33-21/h5,7,9-13,16,21,23,29H,2-4,6,8,14-15,17H2,1H3/b24-22-. The molecular formula is C26H30N2O5. The lowest BCUT2D eigenvalue weighted by Crippen LogP contribution is -2.36. The lowest BCUT2D eigenvalue weighted by atomic mass is 9.96. The number of aromatic nitrogens is 1. The Morgan fingerprint density at radius 2 is 2.03 bits per heavy atom. The first kappa shape index (κ1) is 23.0. The summed E-state index contributed by atoms with van der Waals surface area (Å²) in [6.07, 6.45) is 8.12. The maximum absolute atomic E-state index is 13.1.